The third kappa shape index (κ3) is 4.76. The highest BCUT2D eigenvalue weighted by molar-refractivity contribution is 7.89. The molecule has 1 amide bonds. The van der Waals surface area contributed by atoms with Gasteiger partial charge in [0.05, 0.1) is 33.2 Å². The zero-order chi connectivity index (χ0) is 22.8. The largest absolute Gasteiger partial charge is 0.376 e. The third-order valence-corrected chi connectivity index (χ3v) is 6.69. The second kappa shape index (κ2) is 8.87. The number of carbonyl (C=O) groups excluding carboxylic acids is 1. The highest BCUT2D eigenvalue weighted by atomic mass is 32.2. The first-order valence-corrected chi connectivity index (χ1v) is 11.1. The van der Waals surface area contributed by atoms with Crippen LogP contribution in [0.4, 0.5) is 11.4 Å². The van der Waals surface area contributed by atoms with Gasteiger partial charge < -0.3 is 10.2 Å². The first-order chi connectivity index (χ1) is 14.6. The lowest BCUT2D eigenvalue weighted by atomic mass is 10.1. The minimum absolute atomic E-state index is 0.104. The number of carbonyl (C=O) groups is 1. The lowest BCUT2D eigenvalue weighted by Gasteiger charge is -2.20. The van der Waals surface area contributed by atoms with E-state index in [-0.39, 0.29) is 10.8 Å². The van der Waals surface area contributed by atoms with Crippen LogP contribution in [0.25, 0.3) is 11.3 Å². The summed E-state index contributed by atoms with van der Waals surface area (Å²) in [6, 6.07) is 17.9. The zero-order valence-electron chi connectivity index (χ0n) is 18.2. The second-order valence-electron chi connectivity index (χ2n) is 7.51. The van der Waals surface area contributed by atoms with Crippen molar-refractivity contribution >= 4 is 27.3 Å². The maximum absolute atomic E-state index is 13.0. The summed E-state index contributed by atoms with van der Waals surface area (Å²) in [6.07, 6.45) is 0. The summed E-state index contributed by atoms with van der Waals surface area (Å²) in [7, 11) is 2.95. The van der Waals surface area contributed by atoms with Crippen molar-refractivity contribution in [3.8, 4) is 11.3 Å². The number of hydrogen-bond acceptors (Lipinski definition) is 5. The van der Waals surface area contributed by atoms with Crippen molar-refractivity contribution in [3.05, 3.63) is 71.9 Å². The average molecular weight is 439 g/mol. The predicted octanol–water partition coefficient (Wildman–Crippen LogP) is 3.63. The van der Waals surface area contributed by atoms with E-state index in [0.29, 0.717) is 22.6 Å². The normalized spacial score (nSPS) is 11.4. The molecule has 7 nitrogen and oxygen atoms in total. The molecule has 0 saturated carbocycles. The first-order valence-electron chi connectivity index (χ1n) is 9.69. The van der Waals surface area contributed by atoms with Crippen molar-refractivity contribution in [2.24, 2.45) is 0 Å². The molecule has 0 aliphatic rings. The monoisotopic (exact) mass is 438 g/mol. The lowest BCUT2D eigenvalue weighted by Crippen LogP contribution is -2.23. The van der Waals surface area contributed by atoms with Gasteiger partial charge in [-0.25, -0.2) is 12.7 Å². The smallest absolute Gasteiger partial charge is 0.257 e. The predicted molar refractivity (Wildman–Crippen MR) is 124 cm³/mol. The fourth-order valence-electron chi connectivity index (χ4n) is 3.14. The van der Waals surface area contributed by atoms with Gasteiger partial charge in [-0.15, -0.1) is 0 Å². The zero-order valence-corrected chi connectivity index (χ0v) is 19.1. The van der Waals surface area contributed by atoms with Gasteiger partial charge in [-0.3, -0.25) is 9.78 Å². The van der Waals surface area contributed by atoms with Crippen molar-refractivity contribution < 1.29 is 13.2 Å². The van der Waals surface area contributed by atoms with Crippen LogP contribution in [-0.4, -0.2) is 51.8 Å². The molecule has 8 heteroatoms. The summed E-state index contributed by atoms with van der Waals surface area (Å²) in [6.45, 7) is 1.78. The fourth-order valence-corrected chi connectivity index (χ4v) is 4.07. The molecule has 0 atom stereocenters. The third-order valence-electron chi connectivity index (χ3n) is 4.88. The Labute approximate surface area is 183 Å². The van der Waals surface area contributed by atoms with Crippen LogP contribution in [0.3, 0.4) is 0 Å². The van der Waals surface area contributed by atoms with Gasteiger partial charge in [-0.1, -0.05) is 30.3 Å². The molecule has 0 radical (unpaired) electrons. The van der Waals surface area contributed by atoms with Crippen molar-refractivity contribution in [1.29, 1.82) is 0 Å². The Hall–Kier alpha value is -3.23. The minimum atomic E-state index is -3.64. The summed E-state index contributed by atoms with van der Waals surface area (Å²) in [4.78, 5) is 19.5. The molecule has 1 N–H and O–H groups in total. The van der Waals surface area contributed by atoms with Crippen LogP contribution in [0.5, 0.6) is 0 Å². The molecule has 0 aliphatic carbocycles. The molecular formula is C23H26N4O3S. The van der Waals surface area contributed by atoms with Crippen molar-refractivity contribution in [1.82, 2.24) is 9.29 Å². The van der Waals surface area contributed by atoms with E-state index < -0.39 is 10.0 Å². The van der Waals surface area contributed by atoms with E-state index in [0.717, 1.165) is 15.6 Å². The van der Waals surface area contributed by atoms with E-state index in [1.807, 2.05) is 49.3 Å². The number of nitrogens with one attached hydrogen (secondary N) is 1. The molecule has 0 bridgehead atoms. The highest BCUT2D eigenvalue weighted by Crippen LogP contribution is 2.29. The Morgan fingerprint density at radius 2 is 1.61 bits per heavy atom. The van der Waals surface area contributed by atoms with E-state index in [4.69, 9.17) is 0 Å². The Morgan fingerprint density at radius 3 is 2.19 bits per heavy atom. The maximum atomic E-state index is 13.0. The summed E-state index contributed by atoms with van der Waals surface area (Å²) in [5, 5.41) is 2.86. The number of aryl methyl sites for hydroxylation is 1. The fraction of sp³-hybridized carbons (Fsp3) is 0.217. The number of amides is 1. The van der Waals surface area contributed by atoms with Crippen molar-refractivity contribution in [3.63, 3.8) is 0 Å². The molecule has 162 valence electrons. The molecule has 31 heavy (non-hydrogen) atoms. The van der Waals surface area contributed by atoms with E-state index in [1.54, 1.807) is 25.1 Å². The van der Waals surface area contributed by atoms with Crippen LogP contribution in [0.2, 0.25) is 0 Å². The highest BCUT2D eigenvalue weighted by Gasteiger charge is 2.21. The van der Waals surface area contributed by atoms with Crippen LogP contribution in [0.1, 0.15) is 16.1 Å². The van der Waals surface area contributed by atoms with Crippen molar-refractivity contribution in [2.45, 2.75) is 11.8 Å². The lowest BCUT2D eigenvalue weighted by molar-refractivity contribution is 0.102. The van der Waals surface area contributed by atoms with Gasteiger partial charge in [0.25, 0.3) is 5.91 Å². The van der Waals surface area contributed by atoms with Crippen LogP contribution in [0.15, 0.2) is 65.6 Å². The number of nitrogens with zero attached hydrogens (tertiary/aromatic N) is 3. The second-order valence-corrected chi connectivity index (χ2v) is 9.66. The molecule has 1 heterocycles. The molecule has 3 rings (SSSR count). The Bertz CT molecular complexity index is 1210. The topological polar surface area (TPSA) is 82.6 Å². The minimum Gasteiger partial charge on any atom is -0.376 e. The van der Waals surface area contributed by atoms with Gasteiger partial charge in [-0.2, -0.15) is 0 Å². The molecule has 0 unspecified atom stereocenters. The maximum Gasteiger partial charge on any atom is 0.257 e. The van der Waals surface area contributed by atoms with E-state index >= 15 is 0 Å². The Kier molecular flexibility index (Phi) is 6.42. The number of sulfonamides is 1. The molecule has 0 saturated heterocycles. The summed E-state index contributed by atoms with van der Waals surface area (Å²) >= 11 is 0. The molecule has 1 aromatic heterocycles. The molecule has 0 aliphatic heterocycles. The van der Waals surface area contributed by atoms with Crippen LogP contribution < -0.4 is 10.2 Å². The standard InChI is InChI=1S/C23H26N4O3S/c1-16-19(12-13-20(24-16)17-9-7-6-8-10-17)23(28)25-21-15-18(31(29,30)27(4)5)11-14-22(21)26(2)3/h6-15H,1-5H3,(H,25,28). The summed E-state index contributed by atoms with van der Waals surface area (Å²) in [5.41, 5.74) is 3.85. The number of hydrogen-bond donors (Lipinski definition) is 1. The van der Waals surface area contributed by atoms with Gasteiger partial charge in [0.1, 0.15) is 0 Å². The van der Waals surface area contributed by atoms with E-state index in [9.17, 15) is 13.2 Å². The van der Waals surface area contributed by atoms with E-state index in [1.165, 1.54) is 26.2 Å². The molecule has 0 fully saturated rings. The Morgan fingerprint density at radius 1 is 0.935 bits per heavy atom. The first kappa shape index (κ1) is 22.5. The summed E-state index contributed by atoms with van der Waals surface area (Å²) < 4.78 is 26.2. The molecule has 2 aromatic carbocycles. The molecule has 3 aromatic rings. The van der Waals surface area contributed by atoms with Crippen molar-refractivity contribution in [2.75, 3.05) is 38.4 Å². The van der Waals surface area contributed by atoms with Gasteiger partial charge in [0, 0.05) is 33.8 Å². The molecular weight excluding hydrogens is 412 g/mol. The van der Waals surface area contributed by atoms with Gasteiger partial charge in [0.15, 0.2) is 0 Å². The number of benzene rings is 2. The average Bonchev–Trinajstić information content (AvgIpc) is 2.73. The summed E-state index contributed by atoms with van der Waals surface area (Å²) in [5.74, 6) is -0.355. The van der Waals surface area contributed by atoms with Crippen LogP contribution >= 0.6 is 0 Å². The number of anilines is 2. The SMILES string of the molecule is Cc1nc(-c2ccccc2)ccc1C(=O)Nc1cc(S(=O)(=O)N(C)C)ccc1N(C)C. The Balaban J connectivity index is 1.95. The number of aromatic nitrogens is 1. The number of rotatable bonds is 6. The van der Waals surface area contributed by atoms with E-state index in [2.05, 4.69) is 10.3 Å². The van der Waals surface area contributed by atoms with Gasteiger partial charge in [-0.05, 0) is 37.3 Å². The van der Waals surface area contributed by atoms with Gasteiger partial charge >= 0.3 is 0 Å². The molecule has 0 spiro atoms. The quantitative estimate of drug-likeness (QED) is 0.636. The van der Waals surface area contributed by atoms with Crippen LogP contribution in [0, 0.1) is 6.92 Å². The van der Waals surface area contributed by atoms with Crippen LogP contribution in [-0.2, 0) is 10.0 Å². The number of pyridine rings is 1. The van der Waals surface area contributed by atoms with Gasteiger partial charge in [0.2, 0.25) is 10.0 Å².